The molecule has 0 amide bonds. The number of aromatic nitrogens is 3. The normalized spacial score (nSPS) is 13.8. The fraction of sp³-hybridized carbons (Fsp3) is 0.475. The van der Waals surface area contributed by atoms with Crippen LogP contribution in [0.25, 0.3) is 42.5 Å². The van der Waals surface area contributed by atoms with E-state index in [0.29, 0.717) is 11.8 Å². The Labute approximate surface area is 305 Å². The summed E-state index contributed by atoms with van der Waals surface area (Å²) in [5.74, 6) is 2.33. The van der Waals surface area contributed by atoms with Crippen LogP contribution in [0.1, 0.15) is 73.1 Å². The van der Waals surface area contributed by atoms with E-state index >= 15 is 0 Å². The molecule has 1 radical (unpaired) electrons. The summed E-state index contributed by atoms with van der Waals surface area (Å²) in [6.45, 7) is 20.6. The summed E-state index contributed by atoms with van der Waals surface area (Å²) < 4.78 is 3.68. The van der Waals surface area contributed by atoms with Gasteiger partial charge in [0.15, 0.2) is 5.78 Å². The van der Waals surface area contributed by atoms with Gasteiger partial charge in [-0.3, -0.25) is 9.78 Å². The average molecular weight is 859 g/mol. The Bertz CT molecular complexity index is 1900. The van der Waals surface area contributed by atoms with Crippen molar-refractivity contribution >= 4 is 61.6 Å². The van der Waals surface area contributed by atoms with Crippen molar-refractivity contribution in [2.45, 2.75) is 99.8 Å². The van der Waals surface area contributed by atoms with E-state index in [0.717, 1.165) is 41.9 Å². The number of aliphatic hydroxyl groups excluding tert-OH is 1. The van der Waals surface area contributed by atoms with Crippen LogP contribution in [0.4, 0.5) is 0 Å². The quantitative estimate of drug-likeness (QED) is 0.0694. The third-order valence-corrected chi connectivity index (χ3v) is 12.8. The molecule has 0 spiro atoms. The largest absolute Gasteiger partial charge is 0.512 e. The standard InChI is InChI=1S/C25H24N3SSi.C15H28O2.Ir/c1-30(2,3)20-15-17(14-16-8-4-5-9-18(16)20)22-24-19(11-12-26-22)23-25(29-24)27-21-10-6-7-13-28(21)23;1-7-12(8-2)13(16)9-14(17)15(10(3)4)11(5)6;/h4-5,8-9,11-12,15H,6-7,10,13H2,1-3H3;9-12,15-16H,7-8H2,1-6H3;/q-1;;/b;13-9-;. The number of rotatable bonds is 9. The van der Waals surface area contributed by atoms with Crippen LogP contribution in [0, 0.1) is 29.7 Å². The molecule has 0 unspecified atom stereocenters. The van der Waals surface area contributed by atoms with Crippen molar-refractivity contribution in [3.05, 3.63) is 66.3 Å². The van der Waals surface area contributed by atoms with Gasteiger partial charge >= 0.3 is 0 Å². The molecule has 3 aromatic heterocycles. The van der Waals surface area contributed by atoms with Gasteiger partial charge in [0, 0.05) is 73.0 Å². The first kappa shape index (κ1) is 38.2. The Morgan fingerprint density at radius 3 is 2.38 bits per heavy atom. The molecule has 5 aromatic rings. The van der Waals surface area contributed by atoms with Gasteiger partial charge in [-0.15, -0.1) is 40.1 Å². The molecular weight excluding hydrogens is 807 g/mol. The van der Waals surface area contributed by atoms with Gasteiger partial charge in [-0.25, -0.2) is 4.98 Å². The Balaban J connectivity index is 0.000000251. The van der Waals surface area contributed by atoms with Crippen LogP contribution in [0.5, 0.6) is 0 Å². The maximum Gasteiger partial charge on any atom is 0.162 e. The number of thiophene rings is 1. The first-order valence-electron chi connectivity index (χ1n) is 17.5. The molecule has 1 aliphatic heterocycles. The number of pyridine rings is 1. The molecule has 0 atom stereocenters. The van der Waals surface area contributed by atoms with Gasteiger partial charge in [0.25, 0.3) is 0 Å². The van der Waals surface area contributed by atoms with Crippen LogP contribution >= 0.6 is 11.3 Å². The van der Waals surface area contributed by atoms with Gasteiger partial charge in [0.1, 0.15) is 10.7 Å². The number of benzene rings is 2. The Hall–Kier alpha value is -2.64. The van der Waals surface area contributed by atoms with Crippen LogP contribution < -0.4 is 5.19 Å². The number of aliphatic hydroxyl groups is 1. The summed E-state index contributed by atoms with van der Waals surface area (Å²) in [6, 6.07) is 16.9. The van der Waals surface area contributed by atoms with Gasteiger partial charge in [-0.05, 0) is 43.6 Å². The molecular formula is C40H52IrN3O2SSi-. The zero-order chi connectivity index (χ0) is 34.0. The van der Waals surface area contributed by atoms with E-state index in [1.807, 2.05) is 20.0 Å². The van der Waals surface area contributed by atoms with Crippen molar-refractivity contribution in [3.8, 4) is 11.3 Å². The molecule has 8 heteroatoms. The van der Waals surface area contributed by atoms with Crippen LogP contribution in [0.15, 0.2) is 54.4 Å². The Morgan fingerprint density at radius 1 is 1.04 bits per heavy atom. The van der Waals surface area contributed by atoms with Crippen LogP contribution in [-0.4, -0.2) is 33.5 Å². The SMILES string of the molecule is CCC(CC)/C(O)=C/C(=O)C(C(C)C)C(C)C.C[Si](C)(C)c1cc(-c2nccc3c2sc2nc4n(c23)CCCC4)[c-]c2ccccc12.[Ir]. The summed E-state index contributed by atoms with van der Waals surface area (Å²) in [6.07, 6.45) is 8.76. The fourth-order valence-electron chi connectivity index (χ4n) is 7.29. The Kier molecular flexibility index (Phi) is 12.7. The van der Waals surface area contributed by atoms with Crippen molar-refractivity contribution < 1.29 is 30.0 Å². The molecule has 2 aromatic carbocycles. The second kappa shape index (κ2) is 15.9. The monoisotopic (exact) mass is 859 g/mol. The van der Waals surface area contributed by atoms with Crippen molar-refractivity contribution in [1.82, 2.24) is 14.5 Å². The fourth-order valence-corrected chi connectivity index (χ4v) is 10.1. The van der Waals surface area contributed by atoms with E-state index in [4.69, 9.17) is 9.97 Å². The number of imidazole rings is 1. The number of allylic oxidation sites excluding steroid dienone is 2. The van der Waals surface area contributed by atoms with E-state index in [-0.39, 0.29) is 43.5 Å². The number of ketones is 1. The molecule has 0 fully saturated rings. The second-order valence-electron chi connectivity index (χ2n) is 14.8. The van der Waals surface area contributed by atoms with Crippen molar-refractivity contribution in [1.29, 1.82) is 0 Å². The van der Waals surface area contributed by atoms with E-state index in [9.17, 15) is 9.90 Å². The third-order valence-electron chi connectivity index (χ3n) is 9.70. The third kappa shape index (κ3) is 7.88. The first-order chi connectivity index (χ1) is 22.3. The number of carbonyl (C=O) groups excluding carboxylic acids is 1. The maximum atomic E-state index is 12.1. The minimum absolute atomic E-state index is 0. The zero-order valence-corrected chi connectivity index (χ0v) is 34.3. The smallest absolute Gasteiger partial charge is 0.162 e. The molecule has 4 heterocycles. The Morgan fingerprint density at radius 2 is 1.73 bits per heavy atom. The van der Waals surface area contributed by atoms with Crippen molar-refractivity contribution in [2.75, 3.05) is 0 Å². The predicted octanol–water partition coefficient (Wildman–Crippen LogP) is 10.5. The van der Waals surface area contributed by atoms with Crippen LogP contribution in [-0.2, 0) is 37.9 Å². The minimum Gasteiger partial charge on any atom is -0.512 e. The van der Waals surface area contributed by atoms with Gasteiger partial charge in [-0.1, -0.05) is 90.3 Å². The topological polar surface area (TPSA) is 68.0 Å². The minimum atomic E-state index is -1.53. The molecule has 5 nitrogen and oxygen atoms in total. The molecule has 1 N–H and O–H groups in total. The maximum absolute atomic E-state index is 12.1. The molecule has 48 heavy (non-hydrogen) atoms. The molecule has 1 aliphatic rings. The summed E-state index contributed by atoms with van der Waals surface area (Å²) in [5, 5.41) is 15.2. The molecule has 0 bridgehead atoms. The van der Waals surface area contributed by atoms with Gasteiger partial charge in [-0.2, -0.15) is 0 Å². The first-order valence-corrected chi connectivity index (χ1v) is 21.8. The van der Waals surface area contributed by atoms with E-state index in [2.05, 4.69) is 94.4 Å². The summed E-state index contributed by atoms with van der Waals surface area (Å²) in [7, 11) is -1.53. The summed E-state index contributed by atoms with van der Waals surface area (Å²) in [5.41, 5.74) is 3.46. The summed E-state index contributed by atoms with van der Waals surface area (Å²) in [4.78, 5) is 23.1. The van der Waals surface area contributed by atoms with Crippen molar-refractivity contribution in [3.63, 3.8) is 0 Å². The van der Waals surface area contributed by atoms with Crippen LogP contribution in [0.3, 0.4) is 0 Å². The molecule has 6 rings (SSSR count). The molecule has 0 saturated heterocycles. The number of fused-ring (bicyclic) bond motifs is 6. The molecule has 0 aliphatic carbocycles. The average Bonchev–Trinajstić information content (AvgIpc) is 3.57. The number of hydrogen-bond acceptors (Lipinski definition) is 5. The van der Waals surface area contributed by atoms with E-state index in [1.54, 1.807) is 11.3 Å². The van der Waals surface area contributed by atoms with Crippen molar-refractivity contribution in [2.24, 2.45) is 23.7 Å². The van der Waals surface area contributed by atoms with Gasteiger partial charge in [0.2, 0.25) is 0 Å². The van der Waals surface area contributed by atoms with E-state index in [1.165, 1.54) is 56.3 Å². The second-order valence-corrected chi connectivity index (χ2v) is 20.9. The number of aryl methyl sites for hydroxylation is 2. The van der Waals surface area contributed by atoms with Gasteiger partial charge < -0.3 is 9.67 Å². The van der Waals surface area contributed by atoms with Crippen LogP contribution in [0.2, 0.25) is 19.6 Å². The molecule has 0 saturated carbocycles. The number of hydrogen-bond donors (Lipinski definition) is 1. The molecule has 259 valence electrons. The number of carbonyl (C=O) groups is 1. The number of nitrogens with zero attached hydrogens (tertiary/aromatic N) is 3. The zero-order valence-electron chi connectivity index (χ0n) is 30.1. The predicted molar refractivity (Wildman–Crippen MR) is 204 cm³/mol. The van der Waals surface area contributed by atoms with E-state index < -0.39 is 8.07 Å². The summed E-state index contributed by atoms with van der Waals surface area (Å²) >= 11 is 1.79. The van der Waals surface area contributed by atoms with Gasteiger partial charge in [0.05, 0.1) is 19.3 Å².